The SMILES string of the molecule is COc1cc2c(C(=O)O)nn(-c3cccc(Br)c3)c2nn1. The first-order chi connectivity index (χ1) is 10.1. The summed E-state index contributed by atoms with van der Waals surface area (Å²) < 4.78 is 7.27. The Labute approximate surface area is 127 Å². The Hall–Kier alpha value is -2.48. The van der Waals surface area contributed by atoms with E-state index >= 15 is 0 Å². The number of nitrogens with zero attached hydrogens (tertiary/aromatic N) is 4. The molecular weight excluding hydrogens is 340 g/mol. The van der Waals surface area contributed by atoms with Gasteiger partial charge in [0.05, 0.1) is 18.2 Å². The summed E-state index contributed by atoms with van der Waals surface area (Å²) >= 11 is 3.37. The van der Waals surface area contributed by atoms with Crippen molar-refractivity contribution in [2.45, 2.75) is 0 Å². The second-order valence-corrected chi connectivity index (χ2v) is 5.09. The largest absolute Gasteiger partial charge is 0.480 e. The molecule has 0 atom stereocenters. The van der Waals surface area contributed by atoms with Crippen LogP contribution in [-0.2, 0) is 0 Å². The van der Waals surface area contributed by atoms with Crippen LogP contribution in [0.2, 0.25) is 0 Å². The van der Waals surface area contributed by atoms with Crippen molar-refractivity contribution < 1.29 is 14.6 Å². The average molecular weight is 349 g/mol. The third kappa shape index (κ3) is 2.33. The molecule has 3 aromatic rings. The van der Waals surface area contributed by atoms with Gasteiger partial charge in [0, 0.05) is 10.5 Å². The molecule has 0 spiro atoms. The predicted molar refractivity (Wildman–Crippen MR) is 77.9 cm³/mol. The van der Waals surface area contributed by atoms with Gasteiger partial charge in [-0.15, -0.1) is 10.2 Å². The highest BCUT2D eigenvalue weighted by atomic mass is 79.9. The fourth-order valence-electron chi connectivity index (χ4n) is 1.94. The lowest BCUT2D eigenvalue weighted by Crippen LogP contribution is -2.01. The fourth-order valence-corrected chi connectivity index (χ4v) is 2.33. The van der Waals surface area contributed by atoms with E-state index in [0.717, 1.165) is 4.47 Å². The van der Waals surface area contributed by atoms with Gasteiger partial charge in [-0.05, 0) is 18.2 Å². The van der Waals surface area contributed by atoms with Gasteiger partial charge in [-0.1, -0.05) is 22.0 Å². The molecule has 0 saturated heterocycles. The van der Waals surface area contributed by atoms with E-state index in [0.29, 0.717) is 16.7 Å². The summed E-state index contributed by atoms with van der Waals surface area (Å²) in [6, 6.07) is 8.80. The maximum Gasteiger partial charge on any atom is 0.357 e. The van der Waals surface area contributed by atoms with Crippen LogP contribution in [0.1, 0.15) is 10.5 Å². The molecule has 8 heteroatoms. The molecule has 0 radical (unpaired) electrons. The van der Waals surface area contributed by atoms with E-state index in [4.69, 9.17) is 4.74 Å². The van der Waals surface area contributed by atoms with Crippen molar-refractivity contribution >= 4 is 32.9 Å². The molecule has 0 bridgehead atoms. The molecule has 0 unspecified atom stereocenters. The van der Waals surface area contributed by atoms with Crippen LogP contribution in [0, 0.1) is 0 Å². The Morgan fingerprint density at radius 2 is 2.14 bits per heavy atom. The number of carboxylic acids is 1. The quantitative estimate of drug-likeness (QED) is 0.780. The average Bonchev–Trinajstić information content (AvgIpc) is 2.86. The number of hydrogen-bond acceptors (Lipinski definition) is 5. The van der Waals surface area contributed by atoms with Crippen molar-refractivity contribution in [3.05, 3.63) is 40.5 Å². The van der Waals surface area contributed by atoms with Crippen molar-refractivity contribution in [3.8, 4) is 11.6 Å². The number of benzene rings is 1. The fraction of sp³-hybridized carbons (Fsp3) is 0.0769. The van der Waals surface area contributed by atoms with Crippen molar-refractivity contribution in [2.24, 2.45) is 0 Å². The molecule has 0 saturated carbocycles. The minimum atomic E-state index is -1.14. The van der Waals surface area contributed by atoms with Crippen LogP contribution in [0.25, 0.3) is 16.7 Å². The highest BCUT2D eigenvalue weighted by molar-refractivity contribution is 9.10. The van der Waals surface area contributed by atoms with Gasteiger partial charge >= 0.3 is 5.97 Å². The predicted octanol–water partition coefficient (Wildman–Crippen LogP) is 2.28. The van der Waals surface area contributed by atoms with Gasteiger partial charge in [-0.3, -0.25) is 0 Å². The Bertz CT molecular complexity index is 847. The third-order valence-electron chi connectivity index (χ3n) is 2.87. The molecule has 2 heterocycles. The minimum absolute atomic E-state index is 0.0989. The summed E-state index contributed by atoms with van der Waals surface area (Å²) in [7, 11) is 1.44. The van der Waals surface area contributed by atoms with Crippen molar-refractivity contribution in [1.82, 2.24) is 20.0 Å². The number of fused-ring (bicyclic) bond motifs is 1. The summed E-state index contributed by atoms with van der Waals surface area (Å²) in [6.07, 6.45) is 0. The lowest BCUT2D eigenvalue weighted by Gasteiger charge is -2.03. The molecule has 1 N–H and O–H groups in total. The molecule has 1 aromatic carbocycles. The lowest BCUT2D eigenvalue weighted by molar-refractivity contribution is 0.0692. The van der Waals surface area contributed by atoms with Gasteiger partial charge < -0.3 is 9.84 Å². The van der Waals surface area contributed by atoms with Crippen LogP contribution >= 0.6 is 15.9 Å². The molecule has 0 aliphatic rings. The maximum absolute atomic E-state index is 11.4. The summed E-state index contributed by atoms with van der Waals surface area (Å²) in [6.45, 7) is 0. The summed E-state index contributed by atoms with van der Waals surface area (Å²) in [5.74, 6) is -0.900. The van der Waals surface area contributed by atoms with E-state index in [-0.39, 0.29) is 11.6 Å². The zero-order valence-electron chi connectivity index (χ0n) is 10.8. The Morgan fingerprint density at radius 3 is 2.81 bits per heavy atom. The van der Waals surface area contributed by atoms with Crippen LogP contribution in [0.5, 0.6) is 5.88 Å². The number of aromatic carboxylic acids is 1. The molecule has 0 aliphatic heterocycles. The standard InChI is InChI=1S/C13H9BrN4O3/c1-21-10-6-9-11(13(19)20)17-18(12(9)16-15-10)8-4-2-3-7(14)5-8/h2-6H,1H3,(H,19,20). The molecule has 7 nitrogen and oxygen atoms in total. The van der Waals surface area contributed by atoms with Gasteiger partial charge in [0.1, 0.15) is 0 Å². The van der Waals surface area contributed by atoms with Gasteiger partial charge in [0.2, 0.25) is 5.88 Å². The van der Waals surface area contributed by atoms with Crippen molar-refractivity contribution in [2.75, 3.05) is 7.11 Å². The number of aromatic nitrogens is 4. The highest BCUT2D eigenvalue weighted by Gasteiger charge is 2.19. The summed E-state index contributed by atoms with van der Waals surface area (Å²) in [4.78, 5) is 11.4. The molecule has 2 aromatic heterocycles. The zero-order chi connectivity index (χ0) is 15.0. The van der Waals surface area contributed by atoms with E-state index in [1.807, 2.05) is 18.2 Å². The number of methoxy groups -OCH3 is 1. The van der Waals surface area contributed by atoms with Crippen LogP contribution < -0.4 is 4.74 Å². The van der Waals surface area contributed by atoms with E-state index in [1.165, 1.54) is 17.9 Å². The van der Waals surface area contributed by atoms with Gasteiger partial charge in [0.25, 0.3) is 0 Å². The minimum Gasteiger partial charge on any atom is -0.480 e. The van der Waals surface area contributed by atoms with Gasteiger partial charge in [0.15, 0.2) is 11.3 Å². The van der Waals surface area contributed by atoms with E-state index < -0.39 is 5.97 Å². The Morgan fingerprint density at radius 1 is 1.33 bits per heavy atom. The number of rotatable bonds is 3. The number of hydrogen-bond donors (Lipinski definition) is 1. The molecule has 3 rings (SSSR count). The number of carboxylic acid groups (broad SMARTS) is 1. The smallest absolute Gasteiger partial charge is 0.357 e. The molecular formula is C13H9BrN4O3. The van der Waals surface area contributed by atoms with Crippen LogP contribution in [-0.4, -0.2) is 38.2 Å². The second kappa shape index (κ2) is 5.13. The van der Waals surface area contributed by atoms with Crippen LogP contribution in [0.3, 0.4) is 0 Å². The monoisotopic (exact) mass is 348 g/mol. The van der Waals surface area contributed by atoms with E-state index in [9.17, 15) is 9.90 Å². The van der Waals surface area contributed by atoms with Gasteiger partial charge in [-0.25, -0.2) is 9.48 Å². The maximum atomic E-state index is 11.4. The summed E-state index contributed by atoms with van der Waals surface area (Å²) in [5.41, 5.74) is 0.936. The normalized spacial score (nSPS) is 10.8. The van der Waals surface area contributed by atoms with Gasteiger partial charge in [-0.2, -0.15) is 5.10 Å². The topological polar surface area (TPSA) is 90.1 Å². The zero-order valence-corrected chi connectivity index (χ0v) is 12.4. The molecule has 0 fully saturated rings. The molecule has 106 valence electrons. The number of halogens is 1. The first-order valence-electron chi connectivity index (χ1n) is 5.90. The first kappa shape index (κ1) is 13.5. The molecule has 21 heavy (non-hydrogen) atoms. The lowest BCUT2D eigenvalue weighted by atomic mass is 10.3. The van der Waals surface area contributed by atoms with E-state index in [1.54, 1.807) is 6.07 Å². The highest BCUT2D eigenvalue weighted by Crippen LogP contribution is 2.24. The number of ether oxygens (including phenoxy) is 1. The van der Waals surface area contributed by atoms with Crippen LogP contribution in [0.15, 0.2) is 34.8 Å². The Kier molecular flexibility index (Phi) is 3.30. The van der Waals surface area contributed by atoms with E-state index in [2.05, 4.69) is 31.2 Å². The molecule has 0 aliphatic carbocycles. The second-order valence-electron chi connectivity index (χ2n) is 4.17. The first-order valence-corrected chi connectivity index (χ1v) is 6.69. The van der Waals surface area contributed by atoms with Crippen LogP contribution in [0.4, 0.5) is 0 Å². The van der Waals surface area contributed by atoms with Crippen molar-refractivity contribution in [1.29, 1.82) is 0 Å². The van der Waals surface area contributed by atoms with Crippen molar-refractivity contribution in [3.63, 3.8) is 0 Å². The third-order valence-corrected chi connectivity index (χ3v) is 3.37. The number of carbonyl (C=O) groups is 1. The Balaban J connectivity index is 2.31. The summed E-state index contributed by atoms with van der Waals surface area (Å²) in [5, 5.41) is 21.6. The molecule has 0 amide bonds.